The molecule has 0 aliphatic rings. The summed E-state index contributed by atoms with van der Waals surface area (Å²) in [5.41, 5.74) is 7.63. The number of carbonyl (C=O) groups excluding carboxylic acids is 3. The fourth-order valence-electron chi connectivity index (χ4n) is 3.36. The van der Waals surface area contributed by atoms with Gasteiger partial charge in [0.2, 0.25) is 17.7 Å². The van der Waals surface area contributed by atoms with E-state index in [0.29, 0.717) is 0 Å². The van der Waals surface area contributed by atoms with Gasteiger partial charge in [-0.25, -0.2) is 0 Å². The Morgan fingerprint density at radius 3 is 2.18 bits per heavy atom. The number of benzene rings is 2. The molecule has 0 aromatic heterocycles. The lowest BCUT2D eigenvalue weighted by atomic mass is 10.0. The van der Waals surface area contributed by atoms with E-state index < -0.39 is 35.8 Å². The van der Waals surface area contributed by atoms with Crippen LogP contribution in [0.5, 0.6) is 5.75 Å². The Balaban J connectivity index is 2.03. The van der Waals surface area contributed by atoms with Gasteiger partial charge >= 0.3 is 0 Å². The molecule has 0 fully saturated rings. The van der Waals surface area contributed by atoms with Crippen molar-refractivity contribution in [3.63, 3.8) is 0 Å². The van der Waals surface area contributed by atoms with Gasteiger partial charge in [0, 0.05) is 20.0 Å². The van der Waals surface area contributed by atoms with Gasteiger partial charge in [0.05, 0.1) is 12.6 Å². The van der Waals surface area contributed by atoms with Gasteiger partial charge in [0.25, 0.3) is 0 Å². The van der Waals surface area contributed by atoms with E-state index in [-0.39, 0.29) is 31.7 Å². The van der Waals surface area contributed by atoms with Crippen LogP contribution in [0.25, 0.3) is 0 Å². The van der Waals surface area contributed by atoms with Crippen LogP contribution in [0.15, 0.2) is 54.6 Å². The number of phenolic OH excluding ortho intramolecular Hbond substituents is 1. The normalized spacial score (nSPS) is 13.5. The molecule has 178 valence electrons. The third-order valence-corrected chi connectivity index (χ3v) is 5.26. The van der Waals surface area contributed by atoms with E-state index in [1.54, 1.807) is 12.1 Å². The molecule has 2 aromatic carbocycles. The van der Waals surface area contributed by atoms with Crippen LogP contribution in [0.2, 0.25) is 0 Å². The fourth-order valence-corrected chi connectivity index (χ4v) is 3.36. The minimum atomic E-state index is -0.905. The number of amides is 3. The van der Waals surface area contributed by atoms with Crippen molar-refractivity contribution in [3.05, 3.63) is 65.7 Å². The molecular formula is C24H32N4O5. The third kappa shape index (κ3) is 7.89. The van der Waals surface area contributed by atoms with E-state index in [1.807, 2.05) is 30.3 Å². The first-order chi connectivity index (χ1) is 15.7. The predicted octanol–water partition coefficient (Wildman–Crippen LogP) is -0.0551. The molecule has 6 N–H and O–H groups in total. The molecule has 2 aromatic rings. The van der Waals surface area contributed by atoms with E-state index in [9.17, 15) is 19.5 Å². The standard InChI is InChI=1S/C24H32N4O5/c1-16(27-22(31)20(25)14-18-8-10-19(30)11-9-18)24(33)28(2)21(23(32)26-12-13-29)15-17-6-4-3-5-7-17/h3-11,16,20-21,29-30H,12-15,25H2,1-2H3,(H,26,32)(H,27,31)/t16-,20+,21+/m1/s1. The maximum atomic E-state index is 13.0. The maximum absolute atomic E-state index is 13.0. The Hall–Kier alpha value is -3.43. The molecule has 2 rings (SSSR count). The lowest BCUT2D eigenvalue weighted by Crippen LogP contribution is -2.56. The Kier molecular flexibility index (Phi) is 9.84. The summed E-state index contributed by atoms with van der Waals surface area (Å²) in [5.74, 6) is -1.22. The largest absolute Gasteiger partial charge is 0.508 e. The number of aromatic hydroxyl groups is 1. The zero-order valence-electron chi connectivity index (χ0n) is 18.9. The smallest absolute Gasteiger partial charge is 0.245 e. The topological polar surface area (TPSA) is 145 Å². The Morgan fingerprint density at radius 1 is 0.970 bits per heavy atom. The van der Waals surface area contributed by atoms with Gasteiger partial charge in [-0.15, -0.1) is 0 Å². The van der Waals surface area contributed by atoms with Gasteiger partial charge in [0.15, 0.2) is 0 Å². The van der Waals surface area contributed by atoms with Crippen LogP contribution in [-0.2, 0) is 27.2 Å². The Morgan fingerprint density at radius 2 is 1.58 bits per heavy atom. The van der Waals surface area contributed by atoms with Crippen molar-refractivity contribution in [1.82, 2.24) is 15.5 Å². The van der Waals surface area contributed by atoms with Crippen LogP contribution < -0.4 is 16.4 Å². The van der Waals surface area contributed by atoms with Crippen LogP contribution in [0.3, 0.4) is 0 Å². The number of aliphatic hydroxyl groups excluding tert-OH is 1. The van der Waals surface area contributed by atoms with E-state index in [4.69, 9.17) is 10.8 Å². The molecule has 0 aliphatic carbocycles. The zero-order valence-corrected chi connectivity index (χ0v) is 18.9. The minimum absolute atomic E-state index is 0.0740. The van der Waals surface area contributed by atoms with Crippen LogP contribution >= 0.6 is 0 Å². The summed E-state index contributed by atoms with van der Waals surface area (Å²) in [5, 5.41) is 23.6. The number of phenols is 1. The Bertz CT molecular complexity index is 920. The first-order valence-electron chi connectivity index (χ1n) is 10.8. The molecule has 0 heterocycles. The summed E-state index contributed by atoms with van der Waals surface area (Å²) in [6.07, 6.45) is 0.518. The highest BCUT2D eigenvalue weighted by atomic mass is 16.3. The van der Waals surface area contributed by atoms with Crippen LogP contribution in [0.4, 0.5) is 0 Å². The van der Waals surface area contributed by atoms with Gasteiger partial charge < -0.3 is 31.5 Å². The number of nitrogens with one attached hydrogen (secondary N) is 2. The lowest BCUT2D eigenvalue weighted by Gasteiger charge is -2.30. The maximum Gasteiger partial charge on any atom is 0.245 e. The second-order valence-electron chi connectivity index (χ2n) is 7.88. The SMILES string of the molecule is C[C@@H](NC(=O)[C@@H](N)Cc1ccc(O)cc1)C(=O)N(C)[C@@H](Cc1ccccc1)C(=O)NCCO. The molecule has 33 heavy (non-hydrogen) atoms. The van der Waals surface area contributed by atoms with E-state index in [2.05, 4.69) is 10.6 Å². The van der Waals surface area contributed by atoms with Crippen LogP contribution in [-0.4, -0.2) is 71.2 Å². The van der Waals surface area contributed by atoms with Crippen molar-refractivity contribution in [2.45, 2.75) is 37.9 Å². The highest BCUT2D eigenvalue weighted by molar-refractivity contribution is 5.92. The van der Waals surface area contributed by atoms with E-state index in [0.717, 1.165) is 11.1 Å². The van der Waals surface area contributed by atoms with E-state index >= 15 is 0 Å². The first-order valence-corrected chi connectivity index (χ1v) is 10.8. The Labute approximate surface area is 193 Å². The molecule has 0 saturated carbocycles. The molecule has 9 heteroatoms. The predicted molar refractivity (Wildman–Crippen MR) is 124 cm³/mol. The molecule has 9 nitrogen and oxygen atoms in total. The molecule has 0 aliphatic heterocycles. The molecule has 3 atom stereocenters. The average Bonchev–Trinajstić information content (AvgIpc) is 2.82. The number of likely N-dealkylation sites (N-methyl/N-ethyl adjacent to an activating group) is 1. The summed E-state index contributed by atoms with van der Waals surface area (Å²) in [6, 6.07) is 13.0. The zero-order chi connectivity index (χ0) is 24.4. The van der Waals surface area contributed by atoms with Crippen molar-refractivity contribution < 1.29 is 24.6 Å². The molecule has 0 radical (unpaired) electrons. The average molecular weight is 457 g/mol. The van der Waals surface area contributed by atoms with Gasteiger partial charge in [-0.1, -0.05) is 42.5 Å². The molecule has 0 saturated heterocycles. The molecule has 0 spiro atoms. The number of nitrogens with two attached hydrogens (primary N) is 1. The van der Waals surface area contributed by atoms with Gasteiger partial charge in [-0.05, 0) is 36.6 Å². The summed E-state index contributed by atoms with van der Waals surface area (Å²) >= 11 is 0. The number of carbonyl (C=O) groups is 3. The second kappa shape index (κ2) is 12.6. The van der Waals surface area contributed by atoms with Crippen molar-refractivity contribution in [3.8, 4) is 5.75 Å². The summed E-state index contributed by atoms with van der Waals surface area (Å²) in [4.78, 5) is 39.5. The molecule has 0 bridgehead atoms. The first kappa shape index (κ1) is 25.8. The monoisotopic (exact) mass is 456 g/mol. The van der Waals surface area contributed by atoms with Gasteiger partial charge in [-0.3, -0.25) is 14.4 Å². The van der Waals surface area contributed by atoms with Gasteiger partial charge in [0.1, 0.15) is 17.8 Å². The quantitative estimate of drug-likeness (QED) is 0.320. The molecular weight excluding hydrogens is 424 g/mol. The summed E-state index contributed by atoms with van der Waals surface area (Å²) in [6.45, 7) is 1.40. The number of aliphatic hydroxyl groups is 1. The molecule has 3 amide bonds. The number of hydrogen-bond acceptors (Lipinski definition) is 6. The second-order valence-corrected chi connectivity index (χ2v) is 7.88. The van der Waals surface area contributed by atoms with Crippen molar-refractivity contribution in [2.24, 2.45) is 5.73 Å². The highest BCUT2D eigenvalue weighted by Gasteiger charge is 2.31. The fraction of sp³-hybridized carbons (Fsp3) is 0.375. The number of rotatable bonds is 11. The van der Waals surface area contributed by atoms with Crippen LogP contribution in [0, 0.1) is 0 Å². The molecule has 0 unspecified atom stereocenters. The number of hydrogen-bond donors (Lipinski definition) is 5. The minimum Gasteiger partial charge on any atom is -0.508 e. The lowest BCUT2D eigenvalue weighted by molar-refractivity contribution is -0.141. The van der Waals surface area contributed by atoms with Crippen molar-refractivity contribution in [2.75, 3.05) is 20.2 Å². The highest BCUT2D eigenvalue weighted by Crippen LogP contribution is 2.12. The summed E-state index contributed by atoms with van der Waals surface area (Å²) < 4.78 is 0. The number of nitrogens with zero attached hydrogens (tertiary/aromatic N) is 1. The van der Waals surface area contributed by atoms with Gasteiger partial charge in [-0.2, -0.15) is 0 Å². The van der Waals surface area contributed by atoms with Crippen molar-refractivity contribution in [1.29, 1.82) is 0 Å². The summed E-state index contributed by atoms with van der Waals surface area (Å²) in [7, 11) is 1.51. The van der Waals surface area contributed by atoms with Crippen LogP contribution in [0.1, 0.15) is 18.1 Å². The third-order valence-electron chi connectivity index (χ3n) is 5.26. The van der Waals surface area contributed by atoms with Crippen molar-refractivity contribution >= 4 is 17.7 Å². The van der Waals surface area contributed by atoms with E-state index in [1.165, 1.54) is 31.0 Å².